The third-order valence-electron chi connectivity index (χ3n) is 2.91. The van der Waals surface area contributed by atoms with Crippen molar-refractivity contribution in [2.24, 2.45) is 5.41 Å². The van der Waals surface area contributed by atoms with E-state index in [4.69, 9.17) is 4.74 Å². The fourth-order valence-corrected chi connectivity index (χ4v) is 1.63. The lowest BCUT2D eigenvalue weighted by Crippen LogP contribution is -2.32. The summed E-state index contributed by atoms with van der Waals surface area (Å²) in [7, 11) is 0. The van der Waals surface area contributed by atoms with Crippen LogP contribution in [0.15, 0.2) is 11.6 Å². The van der Waals surface area contributed by atoms with Crippen LogP contribution in [0.1, 0.15) is 40.0 Å². The van der Waals surface area contributed by atoms with Gasteiger partial charge in [-0.25, -0.2) is 0 Å². The monoisotopic (exact) mass is 210 g/mol. The van der Waals surface area contributed by atoms with Crippen LogP contribution in [0.25, 0.3) is 0 Å². The van der Waals surface area contributed by atoms with E-state index in [1.807, 2.05) is 13.8 Å². The third-order valence-corrected chi connectivity index (χ3v) is 2.91. The summed E-state index contributed by atoms with van der Waals surface area (Å²) in [6.45, 7) is 5.47. The normalized spacial score (nSPS) is 26.9. The van der Waals surface area contributed by atoms with Crippen molar-refractivity contribution in [1.82, 2.24) is 0 Å². The van der Waals surface area contributed by atoms with Gasteiger partial charge in [-0.1, -0.05) is 11.6 Å². The summed E-state index contributed by atoms with van der Waals surface area (Å²) in [4.78, 5) is 22.6. The molecular weight excluding hydrogens is 192 g/mol. The summed E-state index contributed by atoms with van der Waals surface area (Å²) < 4.78 is 4.96. The average molecular weight is 210 g/mol. The van der Waals surface area contributed by atoms with E-state index < -0.39 is 5.41 Å². The van der Waals surface area contributed by atoms with Gasteiger partial charge in [0.1, 0.15) is 12.4 Å². The van der Waals surface area contributed by atoms with E-state index >= 15 is 0 Å². The summed E-state index contributed by atoms with van der Waals surface area (Å²) in [5.74, 6) is -0.133. The first-order valence-corrected chi connectivity index (χ1v) is 5.26. The predicted octanol–water partition coefficient (Wildman–Crippen LogP) is 2.26. The number of carbonyl (C=O) groups is 2. The summed E-state index contributed by atoms with van der Waals surface area (Å²) in [6, 6.07) is 0. The lowest BCUT2D eigenvalue weighted by atomic mass is 9.82. The zero-order valence-corrected chi connectivity index (χ0v) is 9.63. The number of carbonyl (C=O) groups excluding carboxylic acids is 2. The summed E-state index contributed by atoms with van der Waals surface area (Å²) in [5, 5.41) is 0. The van der Waals surface area contributed by atoms with Crippen molar-refractivity contribution >= 4 is 11.8 Å². The maximum absolute atomic E-state index is 11.9. The van der Waals surface area contributed by atoms with Crippen LogP contribution >= 0.6 is 0 Å². The van der Waals surface area contributed by atoms with Gasteiger partial charge in [0.25, 0.3) is 0 Å². The second-order valence-corrected chi connectivity index (χ2v) is 4.52. The van der Waals surface area contributed by atoms with Gasteiger partial charge in [0.05, 0.1) is 5.41 Å². The Labute approximate surface area is 90.5 Å². The molecule has 0 aromatic rings. The van der Waals surface area contributed by atoms with Crippen molar-refractivity contribution in [3.63, 3.8) is 0 Å². The van der Waals surface area contributed by atoms with Gasteiger partial charge >= 0.3 is 5.97 Å². The van der Waals surface area contributed by atoms with E-state index in [-0.39, 0.29) is 18.4 Å². The Hall–Kier alpha value is -1.12. The van der Waals surface area contributed by atoms with Crippen LogP contribution in [-0.4, -0.2) is 18.4 Å². The first kappa shape index (κ1) is 12.0. The Morgan fingerprint density at radius 3 is 2.80 bits per heavy atom. The van der Waals surface area contributed by atoms with Gasteiger partial charge in [0, 0.05) is 13.3 Å². The smallest absolute Gasteiger partial charge is 0.302 e. The van der Waals surface area contributed by atoms with Crippen LogP contribution in [0.5, 0.6) is 0 Å². The van der Waals surface area contributed by atoms with Crippen molar-refractivity contribution in [1.29, 1.82) is 0 Å². The minimum Gasteiger partial charge on any atom is -0.465 e. The predicted molar refractivity (Wildman–Crippen MR) is 57.4 cm³/mol. The molecule has 0 bridgehead atoms. The second-order valence-electron chi connectivity index (χ2n) is 4.52. The highest BCUT2D eigenvalue weighted by Gasteiger charge is 2.34. The highest BCUT2D eigenvalue weighted by Crippen LogP contribution is 2.30. The van der Waals surface area contributed by atoms with Crippen molar-refractivity contribution < 1.29 is 14.3 Å². The molecule has 0 fully saturated rings. The maximum atomic E-state index is 11.9. The van der Waals surface area contributed by atoms with Crippen molar-refractivity contribution in [3.05, 3.63) is 11.6 Å². The van der Waals surface area contributed by atoms with E-state index in [9.17, 15) is 9.59 Å². The molecule has 0 spiro atoms. The lowest BCUT2D eigenvalue weighted by Gasteiger charge is -2.24. The van der Waals surface area contributed by atoms with Crippen molar-refractivity contribution in [2.75, 3.05) is 6.61 Å². The third kappa shape index (κ3) is 3.18. The minimum atomic E-state index is -0.524. The molecule has 1 aliphatic carbocycles. The Kier molecular flexibility index (Phi) is 3.66. The Bertz CT molecular complexity index is 304. The van der Waals surface area contributed by atoms with Crippen LogP contribution in [0.2, 0.25) is 0 Å². The van der Waals surface area contributed by atoms with Gasteiger partial charge in [-0.15, -0.1) is 0 Å². The molecule has 0 N–H and O–H groups in total. The van der Waals surface area contributed by atoms with E-state index in [1.54, 1.807) is 0 Å². The molecule has 3 heteroatoms. The fourth-order valence-electron chi connectivity index (χ4n) is 1.63. The lowest BCUT2D eigenvalue weighted by molar-refractivity contribution is -0.147. The molecule has 0 aliphatic heterocycles. The van der Waals surface area contributed by atoms with Gasteiger partial charge in [0.15, 0.2) is 0 Å². The zero-order chi connectivity index (χ0) is 11.5. The van der Waals surface area contributed by atoms with Gasteiger partial charge < -0.3 is 4.74 Å². The number of ether oxygens (including phenoxy) is 1. The molecule has 0 aromatic carbocycles. The van der Waals surface area contributed by atoms with Crippen LogP contribution in [0.4, 0.5) is 0 Å². The molecule has 15 heavy (non-hydrogen) atoms. The topological polar surface area (TPSA) is 43.4 Å². The van der Waals surface area contributed by atoms with Crippen molar-refractivity contribution in [2.45, 2.75) is 40.0 Å². The second kappa shape index (κ2) is 4.60. The van der Waals surface area contributed by atoms with E-state index in [2.05, 4.69) is 6.08 Å². The molecule has 1 atom stereocenters. The molecule has 84 valence electrons. The largest absolute Gasteiger partial charge is 0.465 e. The minimum absolute atomic E-state index is 0.192. The molecule has 3 nitrogen and oxygen atoms in total. The summed E-state index contributed by atoms with van der Waals surface area (Å²) in [6.07, 6.45) is 4.13. The van der Waals surface area contributed by atoms with E-state index in [1.165, 1.54) is 12.5 Å². The molecule has 1 aliphatic rings. The molecular formula is C12H18O3. The zero-order valence-electron chi connectivity index (χ0n) is 9.63. The Balaban J connectivity index is 2.70. The van der Waals surface area contributed by atoms with Crippen LogP contribution in [0, 0.1) is 5.41 Å². The fraction of sp³-hybridized carbons (Fsp3) is 0.667. The maximum Gasteiger partial charge on any atom is 0.302 e. The van der Waals surface area contributed by atoms with Crippen LogP contribution < -0.4 is 0 Å². The molecule has 0 saturated carbocycles. The number of rotatable bonds is 2. The molecule has 1 rings (SSSR count). The number of esters is 1. The number of hydrogen-bond donors (Lipinski definition) is 0. The standard InChI is InChI=1S/C12H18O3/c1-9-4-5-11(14)12(3,7-6-9)8-15-10(2)13/h6H,4-5,7-8H2,1-3H3/t12-/m1/s1. The van der Waals surface area contributed by atoms with Gasteiger partial charge in [-0.2, -0.15) is 0 Å². The molecule has 0 amide bonds. The van der Waals surface area contributed by atoms with Crippen molar-refractivity contribution in [3.8, 4) is 0 Å². The molecule has 0 heterocycles. The van der Waals surface area contributed by atoms with Gasteiger partial charge in [-0.3, -0.25) is 9.59 Å². The average Bonchev–Trinajstić information content (AvgIpc) is 2.30. The Morgan fingerprint density at radius 2 is 2.20 bits per heavy atom. The first-order chi connectivity index (χ1) is 6.94. The van der Waals surface area contributed by atoms with Crippen LogP contribution in [0.3, 0.4) is 0 Å². The van der Waals surface area contributed by atoms with Gasteiger partial charge in [-0.05, 0) is 26.7 Å². The van der Waals surface area contributed by atoms with E-state index in [0.29, 0.717) is 12.8 Å². The summed E-state index contributed by atoms with van der Waals surface area (Å²) in [5.41, 5.74) is 0.721. The molecule has 0 unspecified atom stereocenters. The molecule has 0 aromatic heterocycles. The Morgan fingerprint density at radius 1 is 1.53 bits per heavy atom. The van der Waals surface area contributed by atoms with Gasteiger partial charge in [0.2, 0.25) is 0 Å². The molecule has 0 saturated heterocycles. The number of hydrogen-bond acceptors (Lipinski definition) is 3. The highest BCUT2D eigenvalue weighted by molar-refractivity contribution is 5.85. The first-order valence-electron chi connectivity index (χ1n) is 5.26. The highest BCUT2D eigenvalue weighted by atomic mass is 16.5. The van der Waals surface area contributed by atoms with E-state index in [0.717, 1.165) is 6.42 Å². The van der Waals surface area contributed by atoms with Crippen LogP contribution in [-0.2, 0) is 14.3 Å². The summed E-state index contributed by atoms with van der Waals surface area (Å²) >= 11 is 0. The quantitative estimate of drug-likeness (QED) is 0.518. The number of allylic oxidation sites excluding steroid dienone is 2. The molecule has 0 radical (unpaired) electrons. The number of ketones is 1. The SMILES string of the molecule is CC(=O)OC[C@@]1(C)CC=C(C)CCC1=O. The number of Topliss-reactive ketones (excluding diaryl/α,β-unsaturated/α-hetero) is 1.